The van der Waals surface area contributed by atoms with Crippen LogP contribution < -0.4 is 5.73 Å². The summed E-state index contributed by atoms with van der Waals surface area (Å²) in [6.45, 7) is 2.36. The molecule has 1 unspecified atom stereocenters. The minimum atomic E-state index is -0.674. The summed E-state index contributed by atoms with van der Waals surface area (Å²) in [4.78, 5) is 10.9. The number of carbonyl (C=O) groups is 1. The number of nitrogens with two attached hydrogens (primary N) is 1. The highest BCUT2D eigenvalue weighted by atomic mass is 16.5. The Bertz CT molecular complexity index is 127. The van der Waals surface area contributed by atoms with Crippen molar-refractivity contribution in [2.75, 3.05) is 13.2 Å². The van der Waals surface area contributed by atoms with E-state index in [1.165, 1.54) is 0 Å². The minimum Gasteiger partial charge on any atom is -0.465 e. The molecule has 0 saturated carbocycles. The van der Waals surface area contributed by atoms with Crippen LogP contribution >= 0.6 is 0 Å². The van der Waals surface area contributed by atoms with Crippen LogP contribution in [-0.2, 0) is 9.53 Å². The van der Waals surface area contributed by atoms with Crippen molar-refractivity contribution < 1.29 is 14.6 Å². The van der Waals surface area contributed by atoms with Crippen molar-refractivity contribution >= 4 is 5.97 Å². The lowest BCUT2D eigenvalue weighted by Crippen LogP contribution is -2.33. The van der Waals surface area contributed by atoms with Crippen LogP contribution in [0.1, 0.15) is 26.2 Å². The van der Waals surface area contributed by atoms with Gasteiger partial charge in [-0.05, 0) is 12.8 Å². The summed E-state index contributed by atoms with van der Waals surface area (Å²) in [6.07, 6.45) is 2.12. The fourth-order valence-corrected chi connectivity index (χ4v) is 0.681. The first-order valence-electron chi connectivity index (χ1n) is 4.25. The summed E-state index contributed by atoms with van der Waals surface area (Å²) in [5, 5.41) is 8.47. The molecule has 4 nitrogen and oxygen atoms in total. The molecule has 0 aliphatic rings. The highest BCUT2D eigenvalue weighted by molar-refractivity contribution is 5.75. The van der Waals surface area contributed by atoms with Crippen molar-refractivity contribution in [2.45, 2.75) is 32.2 Å². The van der Waals surface area contributed by atoms with Gasteiger partial charge in [-0.2, -0.15) is 0 Å². The largest absolute Gasteiger partial charge is 0.465 e. The molecule has 0 heterocycles. The normalized spacial score (nSPS) is 12.6. The average molecular weight is 175 g/mol. The topological polar surface area (TPSA) is 72.5 Å². The van der Waals surface area contributed by atoms with Crippen LogP contribution in [0.4, 0.5) is 0 Å². The average Bonchev–Trinajstić information content (AvgIpc) is 2.05. The zero-order valence-corrected chi connectivity index (χ0v) is 7.45. The number of ether oxygens (including phenoxy) is 1. The molecule has 0 amide bonds. The molecule has 0 aliphatic carbocycles. The third-order valence-corrected chi connectivity index (χ3v) is 1.49. The minimum absolute atomic E-state index is 0.0793. The predicted octanol–water partition coefficient (Wildman–Crippen LogP) is 0.0394. The Labute approximate surface area is 72.7 Å². The van der Waals surface area contributed by atoms with E-state index >= 15 is 0 Å². The first kappa shape index (κ1) is 11.4. The molecule has 0 spiro atoms. The molecule has 0 aromatic heterocycles. The third-order valence-electron chi connectivity index (χ3n) is 1.49. The fourth-order valence-electron chi connectivity index (χ4n) is 0.681. The molecule has 3 N–H and O–H groups in total. The number of esters is 1. The van der Waals surface area contributed by atoms with Crippen molar-refractivity contribution in [1.82, 2.24) is 0 Å². The van der Waals surface area contributed by atoms with Gasteiger partial charge in [-0.25, -0.2) is 0 Å². The molecular weight excluding hydrogens is 158 g/mol. The Morgan fingerprint density at radius 3 is 2.83 bits per heavy atom. The van der Waals surface area contributed by atoms with Crippen molar-refractivity contribution in [3.8, 4) is 0 Å². The van der Waals surface area contributed by atoms with Crippen LogP contribution in [0.2, 0.25) is 0 Å². The van der Waals surface area contributed by atoms with Crippen molar-refractivity contribution in [3.05, 3.63) is 0 Å². The van der Waals surface area contributed by atoms with Gasteiger partial charge in [0.25, 0.3) is 0 Å². The van der Waals surface area contributed by atoms with Crippen LogP contribution in [0.3, 0.4) is 0 Å². The maximum absolute atomic E-state index is 10.9. The lowest BCUT2D eigenvalue weighted by atomic mass is 10.2. The molecule has 0 radical (unpaired) electrons. The van der Waals surface area contributed by atoms with Crippen LogP contribution in [0.25, 0.3) is 0 Å². The van der Waals surface area contributed by atoms with E-state index in [4.69, 9.17) is 15.6 Å². The summed E-state index contributed by atoms with van der Waals surface area (Å²) in [6, 6.07) is -0.674. The quantitative estimate of drug-likeness (QED) is 0.441. The number of carbonyl (C=O) groups excluding carboxylic acids is 1. The second-order valence-electron chi connectivity index (χ2n) is 2.64. The van der Waals surface area contributed by atoms with Gasteiger partial charge in [-0.1, -0.05) is 13.3 Å². The van der Waals surface area contributed by atoms with Gasteiger partial charge in [-0.15, -0.1) is 0 Å². The molecule has 1 atom stereocenters. The summed E-state index contributed by atoms with van der Waals surface area (Å²) in [5.41, 5.74) is 5.38. The van der Waals surface area contributed by atoms with Crippen LogP contribution in [0.15, 0.2) is 0 Å². The van der Waals surface area contributed by atoms with E-state index in [1.54, 1.807) is 0 Å². The standard InChI is InChI=1S/C8H17NO3/c1-2-3-6-12-8(11)7(9)4-5-10/h7,10H,2-6,9H2,1H3. The Morgan fingerprint density at radius 1 is 1.67 bits per heavy atom. The highest BCUT2D eigenvalue weighted by Crippen LogP contribution is 1.94. The van der Waals surface area contributed by atoms with Crippen LogP contribution in [0.5, 0.6) is 0 Å². The maximum atomic E-state index is 10.9. The molecule has 0 aliphatic heterocycles. The van der Waals surface area contributed by atoms with E-state index in [1.807, 2.05) is 6.92 Å². The maximum Gasteiger partial charge on any atom is 0.322 e. The summed E-state index contributed by atoms with van der Waals surface area (Å²) in [5.74, 6) is -0.419. The molecule has 0 rings (SSSR count). The Hall–Kier alpha value is -0.610. The fraction of sp³-hybridized carbons (Fsp3) is 0.875. The number of aliphatic hydroxyl groups is 1. The monoisotopic (exact) mass is 175 g/mol. The number of aliphatic hydroxyl groups excluding tert-OH is 1. The SMILES string of the molecule is CCCCOC(=O)C(N)CCO. The molecule has 0 aromatic carbocycles. The summed E-state index contributed by atoms with van der Waals surface area (Å²) in [7, 11) is 0. The molecular formula is C8H17NO3. The third kappa shape index (κ3) is 5.09. The van der Waals surface area contributed by atoms with Gasteiger partial charge in [0.05, 0.1) is 6.61 Å². The van der Waals surface area contributed by atoms with Crippen molar-refractivity contribution in [3.63, 3.8) is 0 Å². The number of rotatable bonds is 6. The van der Waals surface area contributed by atoms with Gasteiger partial charge in [0, 0.05) is 6.61 Å². The smallest absolute Gasteiger partial charge is 0.322 e. The molecule has 0 fully saturated rings. The van der Waals surface area contributed by atoms with E-state index in [2.05, 4.69) is 0 Å². The van der Waals surface area contributed by atoms with Gasteiger partial charge >= 0.3 is 5.97 Å². The summed E-state index contributed by atoms with van der Waals surface area (Å²) < 4.78 is 4.82. The predicted molar refractivity (Wildman–Crippen MR) is 45.5 cm³/mol. The molecule has 0 aromatic rings. The first-order valence-corrected chi connectivity index (χ1v) is 4.25. The van der Waals surface area contributed by atoms with E-state index in [9.17, 15) is 4.79 Å². The molecule has 0 bridgehead atoms. The summed E-state index contributed by atoms with van der Waals surface area (Å²) >= 11 is 0. The molecule has 72 valence electrons. The van der Waals surface area contributed by atoms with E-state index < -0.39 is 12.0 Å². The van der Waals surface area contributed by atoms with Crippen LogP contribution in [-0.4, -0.2) is 30.3 Å². The van der Waals surface area contributed by atoms with Gasteiger partial charge in [-0.3, -0.25) is 4.79 Å². The van der Waals surface area contributed by atoms with Crippen molar-refractivity contribution in [2.24, 2.45) is 5.73 Å². The molecule has 0 saturated heterocycles. The van der Waals surface area contributed by atoms with E-state index in [-0.39, 0.29) is 13.0 Å². The number of hydrogen-bond donors (Lipinski definition) is 2. The van der Waals surface area contributed by atoms with Gasteiger partial charge in [0.2, 0.25) is 0 Å². The number of hydrogen-bond acceptors (Lipinski definition) is 4. The Kier molecular flexibility index (Phi) is 6.70. The van der Waals surface area contributed by atoms with E-state index in [0.29, 0.717) is 6.61 Å². The lowest BCUT2D eigenvalue weighted by molar-refractivity contribution is -0.145. The number of unbranched alkanes of at least 4 members (excludes halogenated alkanes) is 1. The Morgan fingerprint density at radius 2 is 2.33 bits per heavy atom. The lowest BCUT2D eigenvalue weighted by Gasteiger charge is -2.09. The molecule has 12 heavy (non-hydrogen) atoms. The van der Waals surface area contributed by atoms with Crippen molar-refractivity contribution in [1.29, 1.82) is 0 Å². The Balaban J connectivity index is 3.43. The second-order valence-corrected chi connectivity index (χ2v) is 2.64. The van der Waals surface area contributed by atoms with Crippen LogP contribution in [0, 0.1) is 0 Å². The zero-order valence-electron chi connectivity index (χ0n) is 7.45. The van der Waals surface area contributed by atoms with Gasteiger partial charge in [0.15, 0.2) is 0 Å². The van der Waals surface area contributed by atoms with E-state index in [0.717, 1.165) is 12.8 Å². The zero-order chi connectivity index (χ0) is 9.40. The second kappa shape index (κ2) is 7.06. The highest BCUT2D eigenvalue weighted by Gasteiger charge is 2.13. The van der Waals surface area contributed by atoms with Gasteiger partial charge < -0.3 is 15.6 Å². The molecule has 4 heteroatoms. The first-order chi connectivity index (χ1) is 5.72. The van der Waals surface area contributed by atoms with Gasteiger partial charge in [0.1, 0.15) is 6.04 Å².